The van der Waals surface area contributed by atoms with Crippen molar-refractivity contribution in [2.24, 2.45) is 0 Å². The number of hydrogen-bond donors (Lipinski definition) is 2. The third kappa shape index (κ3) is 3.85. The highest BCUT2D eigenvalue weighted by atomic mass is 79.9. The second kappa shape index (κ2) is 7.19. The fourth-order valence-corrected chi connectivity index (χ4v) is 3.07. The first-order chi connectivity index (χ1) is 11.5. The highest BCUT2D eigenvalue weighted by Gasteiger charge is 2.18. The Hall–Kier alpha value is -2.12. The van der Waals surface area contributed by atoms with Gasteiger partial charge in [-0.2, -0.15) is 0 Å². The Morgan fingerprint density at radius 3 is 2.67 bits per heavy atom. The number of nitrogens with zero attached hydrogens (tertiary/aromatic N) is 3. The van der Waals surface area contributed by atoms with E-state index >= 15 is 0 Å². The summed E-state index contributed by atoms with van der Waals surface area (Å²) >= 11 is 3.33. The fraction of sp³-hybridized carbons (Fsp3) is 0.294. The van der Waals surface area contributed by atoms with Crippen LogP contribution >= 0.6 is 15.9 Å². The third-order valence-electron chi connectivity index (χ3n) is 4.08. The van der Waals surface area contributed by atoms with Gasteiger partial charge in [0, 0.05) is 48.7 Å². The Morgan fingerprint density at radius 2 is 1.96 bits per heavy atom. The number of carbonyl (C=O) groups excluding carboxylic acids is 1. The van der Waals surface area contributed by atoms with Crippen LogP contribution in [-0.4, -0.2) is 49.0 Å². The second-order valence-corrected chi connectivity index (χ2v) is 6.83. The SMILES string of the molecule is CN1CCN(c2ccc(N)cc2NC(=O)c2cncc(Br)c2)CC1. The molecule has 126 valence electrons. The molecule has 0 atom stereocenters. The number of benzene rings is 1. The Morgan fingerprint density at radius 1 is 1.21 bits per heavy atom. The van der Waals surface area contributed by atoms with Crippen molar-refractivity contribution < 1.29 is 4.79 Å². The average molecular weight is 390 g/mol. The molecule has 1 aliphatic rings. The summed E-state index contributed by atoms with van der Waals surface area (Å²) in [5, 5.41) is 2.97. The molecule has 0 aliphatic carbocycles. The predicted octanol–water partition coefficient (Wildman–Crippen LogP) is 2.43. The topological polar surface area (TPSA) is 74.5 Å². The van der Waals surface area contributed by atoms with Gasteiger partial charge in [0.1, 0.15) is 0 Å². The van der Waals surface area contributed by atoms with Gasteiger partial charge >= 0.3 is 0 Å². The molecule has 0 radical (unpaired) electrons. The average Bonchev–Trinajstić information content (AvgIpc) is 2.56. The van der Waals surface area contributed by atoms with Gasteiger partial charge in [-0.1, -0.05) is 0 Å². The maximum atomic E-state index is 12.5. The number of nitrogen functional groups attached to an aromatic ring is 1. The van der Waals surface area contributed by atoms with Crippen molar-refractivity contribution in [3.63, 3.8) is 0 Å². The lowest BCUT2D eigenvalue weighted by Crippen LogP contribution is -2.44. The number of pyridine rings is 1. The number of nitrogens with one attached hydrogen (secondary N) is 1. The normalized spacial score (nSPS) is 15.3. The Kier molecular flexibility index (Phi) is 5.01. The zero-order valence-corrected chi connectivity index (χ0v) is 15.1. The smallest absolute Gasteiger partial charge is 0.257 e. The zero-order valence-electron chi connectivity index (χ0n) is 13.5. The summed E-state index contributed by atoms with van der Waals surface area (Å²) in [4.78, 5) is 21.1. The number of piperazine rings is 1. The number of amides is 1. The summed E-state index contributed by atoms with van der Waals surface area (Å²) in [5.41, 5.74) is 8.76. The van der Waals surface area contributed by atoms with E-state index in [0.29, 0.717) is 11.3 Å². The largest absolute Gasteiger partial charge is 0.399 e. The molecule has 1 fully saturated rings. The number of anilines is 3. The van der Waals surface area contributed by atoms with Crippen LogP contribution in [0.1, 0.15) is 10.4 Å². The molecule has 1 amide bonds. The van der Waals surface area contributed by atoms with Crippen molar-refractivity contribution >= 4 is 38.9 Å². The van der Waals surface area contributed by atoms with Crippen molar-refractivity contribution in [1.29, 1.82) is 0 Å². The van der Waals surface area contributed by atoms with Crippen molar-refractivity contribution in [1.82, 2.24) is 9.88 Å². The second-order valence-electron chi connectivity index (χ2n) is 5.91. The summed E-state index contributed by atoms with van der Waals surface area (Å²) in [6, 6.07) is 7.38. The van der Waals surface area contributed by atoms with Crippen LogP contribution in [-0.2, 0) is 0 Å². The van der Waals surface area contributed by atoms with Gasteiger partial charge in [-0.3, -0.25) is 9.78 Å². The molecule has 0 bridgehead atoms. The quantitative estimate of drug-likeness (QED) is 0.788. The minimum Gasteiger partial charge on any atom is -0.399 e. The highest BCUT2D eigenvalue weighted by molar-refractivity contribution is 9.10. The molecule has 2 heterocycles. The van der Waals surface area contributed by atoms with Crippen LogP contribution in [0.5, 0.6) is 0 Å². The van der Waals surface area contributed by atoms with E-state index < -0.39 is 0 Å². The van der Waals surface area contributed by atoms with E-state index in [1.54, 1.807) is 24.5 Å². The Bertz CT molecular complexity index is 744. The van der Waals surface area contributed by atoms with Gasteiger partial charge in [0.15, 0.2) is 0 Å². The Labute approximate surface area is 149 Å². The lowest BCUT2D eigenvalue weighted by atomic mass is 10.2. The van der Waals surface area contributed by atoms with Crippen LogP contribution in [0.2, 0.25) is 0 Å². The van der Waals surface area contributed by atoms with Gasteiger partial charge in [0.2, 0.25) is 0 Å². The summed E-state index contributed by atoms with van der Waals surface area (Å²) in [6.45, 7) is 3.82. The van der Waals surface area contributed by atoms with Crippen LogP contribution in [0, 0.1) is 0 Å². The molecular weight excluding hydrogens is 370 g/mol. The molecule has 1 aromatic carbocycles. The first-order valence-electron chi connectivity index (χ1n) is 7.78. The van der Waals surface area contributed by atoms with E-state index in [2.05, 4.69) is 43.1 Å². The highest BCUT2D eigenvalue weighted by Crippen LogP contribution is 2.29. The number of likely N-dealkylation sites (N-methyl/N-ethyl adjacent to an activating group) is 1. The first kappa shape index (κ1) is 16.7. The van der Waals surface area contributed by atoms with Crippen molar-refractivity contribution in [2.45, 2.75) is 0 Å². The van der Waals surface area contributed by atoms with E-state index in [4.69, 9.17) is 5.73 Å². The molecule has 0 spiro atoms. The van der Waals surface area contributed by atoms with Crippen LogP contribution in [0.4, 0.5) is 17.1 Å². The summed E-state index contributed by atoms with van der Waals surface area (Å²) in [5.74, 6) is -0.204. The molecule has 1 saturated heterocycles. The molecular formula is C17H20BrN5O. The van der Waals surface area contributed by atoms with Gasteiger partial charge in [0.05, 0.1) is 16.9 Å². The maximum Gasteiger partial charge on any atom is 0.257 e. The molecule has 2 aromatic rings. The summed E-state index contributed by atoms with van der Waals surface area (Å²) in [7, 11) is 2.11. The molecule has 24 heavy (non-hydrogen) atoms. The standard InChI is InChI=1S/C17H20BrN5O/c1-22-4-6-23(7-5-22)16-3-2-14(19)9-15(16)21-17(24)12-8-13(18)11-20-10-12/h2-3,8-11H,4-7,19H2,1H3,(H,21,24). The summed E-state index contributed by atoms with van der Waals surface area (Å²) < 4.78 is 0.766. The van der Waals surface area contributed by atoms with Gasteiger partial charge in [-0.05, 0) is 47.2 Å². The molecule has 0 unspecified atom stereocenters. The van der Waals surface area contributed by atoms with Crippen LogP contribution < -0.4 is 16.0 Å². The zero-order chi connectivity index (χ0) is 17.1. The Balaban J connectivity index is 1.84. The van der Waals surface area contributed by atoms with E-state index in [1.807, 2.05) is 12.1 Å². The maximum absolute atomic E-state index is 12.5. The number of rotatable bonds is 3. The van der Waals surface area contributed by atoms with E-state index in [9.17, 15) is 4.79 Å². The van der Waals surface area contributed by atoms with E-state index in [0.717, 1.165) is 42.0 Å². The number of nitrogens with two attached hydrogens (primary N) is 1. The fourth-order valence-electron chi connectivity index (χ4n) is 2.71. The molecule has 3 N–H and O–H groups in total. The minimum absolute atomic E-state index is 0.204. The van der Waals surface area contributed by atoms with Gasteiger partial charge < -0.3 is 20.9 Å². The number of hydrogen-bond acceptors (Lipinski definition) is 5. The molecule has 3 rings (SSSR count). The predicted molar refractivity (Wildman–Crippen MR) is 100 cm³/mol. The number of halogens is 1. The van der Waals surface area contributed by atoms with Gasteiger partial charge in [-0.15, -0.1) is 0 Å². The first-order valence-corrected chi connectivity index (χ1v) is 8.57. The molecule has 0 saturated carbocycles. The minimum atomic E-state index is -0.204. The molecule has 1 aliphatic heterocycles. The van der Waals surface area contributed by atoms with Crippen molar-refractivity contribution in [2.75, 3.05) is 49.2 Å². The monoisotopic (exact) mass is 389 g/mol. The summed E-state index contributed by atoms with van der Waals surface area (Å²) in [6.07, 6.45) is 3.19. The van der Waals surface area contributed by atoms with E-state index in [-0.39, 0.29) is 5.91 Å². The van der Waals surface area contributed by atoms with Gasteiger partial charge in [-0.25, -0.2) is 0 Å². The molecule has 7 heteroatoms. The van der Waals surface area contributed by atoms with Crippen LogP contribution in [0.3, 0.4) is 0 Å². The van der Waals surface area contributed by atoms with Crippen LogP contribution in [0.25, 0.3) is 0 Å². The number of carbonyl (C=O) groups is 1. The lowest BCUT2D eigenvalue weighted by Gasteiger charge is -2.35. The third-order valence-corrected chi connectivity index (χ3v) is 4.51. The number of aromatic nitrogens is 1. The van der Waals surface area contributed by atoms with E-state index in [1.165, 1.54) is 0 Å². The van der Waals surface area contributed by atoms with Gasteiger partial charge in [0.25, 0.3) is 5.91 Å². The molecule has 1 aromatic heterocycles. The lowest BCUT2D eigenvalue weighted by molar-refractivity contribution is 0.102. The van der Waals surface area contributed by atoms with Crippen molar-refractivity contribution in [3.8, 4) is 0 Å². The van der Waals surface area contributed by atoms with Crippen molar-refractivity contribution in [3.05, 3.63) is 46.7 Å². The van der Waals surface area contributed by atoms with Crippen LogP contribution in [0.15, 0.2) is 41.1 Å². The molecule has 6 nitrogen and oxygen atoms in total.